The lowest BCUT2D eigenvalue weighted by Gasteiger charge is -2.26. The van der Waals surface area contributed by atoms with Crippen LogP contribution in [-0.4, -0.2) is 61.0 Å². The third kappa shape index (κ3) is 7.51. The number of fused-ring (bicyclic) bond motifs is 1. The summed E-state index contributed by atoms with van der Waals surface area (Å²) in [6, 6.07) is 9.45. The molecule has 0 fully saturated rings. The number of halogens is 3. The lowest BCUT2D eigenvalue weighted by molar-refractivity contribution is -0.155. The lowest BCUT2D eigenvalue weighted by Crippen LogP contribution is -2.39. The van der Waals surface area contributed by atoms with Crippen LogP contribution in [0.5, 0.6) is 0 Å². The number of ether oxygens (including phenoxy) is 1. The second kappa shape index (κ2) is 12.4. The SMILES string of the molecule is CCN(CC)c1ncc(CC(F)(F)F)c(N[C@@H](Cc2ccc(-n3c(=O)n(C)c4cccnc43)cc2)C(=O)OC(C)(C)C)n1. The molecular weight excluding hydrogens is 563 g/mol. The van der Waals surface area contributed by atoms with E-state index in [1.54, 1.807) is 75.3 Å². The second-order valence-electron chi connectivity index (χ2n) is 11.1. The largest absolute Gasteiger partial charge is 0.458 e. The van der Waals surface area contributed by atoms with Crippen LogP contribution in [0, 0.1) is 0 Å². The molecule has 10 nitrogen and oxygen atoms in total. The monoisotopic (exact) mass is 599 g/mol. The zero-order chi connectivity index (χ0) is 31.5. The predicted octanol–water partition coefficient (Wildman–Crippen LogP) is 4.83. The van der Waals surface area contributed by atoms with Crippen molar-refractivity contribution in [2.75, 3.05) is 23.3 Å². The number of hydrogen-bond donors (Lipinski definition) is 1. The van der Waals surface area contributed by atoms with E-state index < -0.39 is 30.2 Å². The third-order valence-corrected chi connectivity index (χ3v) is 6.74. The zero-order valence-corrected chi connectivity index (χ0v) is 25.1. The van der Waals surface area contributed by atoms with Gasteiger partial charge in [-0.3, -0.25) is 4.57 Å². The second-order valence-corrected chi connectivity index (χ2v) is 11.1. The summed E-state index contributed by atoms with van der Waals surface area (Å²) in [7, 11) is 1.67. The van der Waals surface area contributed by atoms with Gasteiger partial charge < -0.3 is 15.0 Å². The Hall–Kier alpha value is -4.42. The molecule has 1 N–H and O–H groups in total. The molecule has 43 heavy (non-hydrogen) atoms. The molecule has 0 spiro atoms. The van der Waals surface area contributed by atoms with Crippen LogP contribution in [0.2, 0.25) is 0 Å². The number of imidazole rings is 1. The van der Waals surface area contributed by atoms with Gasteiger partial charge in [-0.15, -0.1) is 0 Å². The Bertz CT molecular complexity index is 1640. The highest BCUT2D eigenvalue weighted by atomic mass is 19.4. The van der Waals surface area contributed by atoms with Crippen molar-refractivity contribution in [3.63, 3.8) is 0 Å². The molecular formula is C30H36F3N7O3. The first-order valence-electron chi connectivity index (χ1n) is 14.0. The number of hydrogen-bond acceptors (Lipinski definition) is 8. The van der Waals surface area contributed by atoms with Gasteiger partial charge in [0.1, 0.15) is 17.5 Å². The number of nitrogens with zero attached hydrogens (tertiary/aromatic N) is 6. The van der Waals surface area contributed by atoms with Crippen LogP contribution in [0.25, 0.3) is 16.9 Å². The molecule has 1 aromatic carbocycles. The summed E-state index contributed by atoms with van der Waals surface area (Å²) in [6.45, 7) is 10.0. The molecule has 3 heterocycles. The Kier molecular flexibility index (Phi) is 9.12. The molecule has 0 aliphatic carbocycles. The van der Waals surface area contributed by atoms with Gasteiger partial charge >= 0.3 is 17.8 Å². The van der Waals surface area contributed by atoms with Gasteiger partial charge in [0.05, 0.1) is 17.6 Å². The van der Waals surface area contributed by atoms with Gasteiger partial charge in [-0.25, -0.2) is 24.1 Å². The summed E-state index contributed by atoms with van der Waals surface area (Å²) in [5.74, 6) is -0.484. The van der Waals surface area contributed by atoms with Gasteiger partial charge in [0, 0.05) is 44.5 Å². The van der Waals surface area contributed by atoms with Crippen LogP contribution in [0.4, 0.5) is 24.9 Å². The topological polar surface area (TPSA) is 107 Å². The maximum atomic E-state index is 13.5. The molecule has 0 saturated carbocycles. The van der Waals surface area contributed by atoms with E-state index in [9.17, 15) is 22.8 Å². The number of carbonyl (C=O) groups is 1. The maximum absolute atomic E-state index is 13.5. The molecule has 0 unspecified atom stereocenters. The van der Waals surface area contributed by atoms with Crippen LogP contribution in [0.15, 0.2) is 53.6 Å². The number of pyridine rings is 1. The van der Waals surface area contributed by atoms with Gasteiger partial charge in [-0.2, -0.15) is 18.2 Å². The number of rotatable bonds is 10. The first kappa shape index (κ1) is 31.5. The minimum absolute atomic E-state index is 0.0773. The predicted molar refractivity (Wildman–Crippen MR) is 159 cm³/mol. The lowest BCUT2D eigenvalue weighted by atomic mass is 10.0. The molecule has 0 bridgehead atoms. The summed E-state index contributed by atoms with van der Waals surface area (Å²) < 4.78 is 49.0. The first-order valence-corrected chi connectivity index (χ1v) is 14.0. The number of benzene rings is 1. The molecule has 0 amide bonds. The van der Waals surface area contributed by atoms with Crippen molar-refractivity contribution in [3.05, 3.63) is 70.4 Å². The zero-order valence-electron chi connectivity index (χ0n) is 25.1. The highest BCUT2D eigenvalue weighted by Gasteiger charge is 2.32. The van der Waals surface area contributed by atoms with Crippen LogP contribution >= 0.6 is 0 Å². The third-order valence-electron chi connectivity index (χ3n) is 6.74. The van der Waals surface area contributed by atoms with E-state index in [-0.39, 0.29) is 29.4 Å². The van der Waals surface area contributed by atoms with E-state index in [1.807, 2.05) is 13.8 Å². The van der Waals surface area contributed by atoms with Crippen molar-refractivity contribution in [1.82, 2.24) is 24.1 Å². The molecule has 0 aliphatic rings. The fourth-order valence-corrected chi connectivity index (χ4v) is 4.67. The number of carbonyl (C=O) groups excluding carboxylic acids is 1. The van der Waals surface area contributed by atoms with E-state index in [0.717, 1.165) is 6.20 Å². The molecule has 0 aliphatic heterocycles. The van der Waals surface area contributed by atoms with E-state index >= 15 is 0 Å². The molecule has 0 saturated heterocycles. The van der Waals surface area contributed by atoms with Crippen molar-refractivity contribution in [2.24, 2.45) is 7.05 Å². The summed E-state index contributed by atoms with van der Waals surface area (Å²) >= 11 is 0. The smallest absolute Gasteiger partial charge is 0.393 e. The Morgan fingerprint density at radius 2 is 1.74 bits per heavy atom. The van der Waals surface area contributed by atoms with Gasteiger partial charge in [0.15, 0.2) is 5.65 Å². The minimum atomic E-state index is -4.51. The van der Waals surface area contributed by atoms with Gasteiger partial charge in [0.2, 0.25) is 5.95 Å². The van der Waals surface area contributed by atoms with Crippen LogP contribution in [0.1, 0.15) is 45.7 Å². The van der Waals surface area contributed by atoms with Crippen molar-refractivity contribution < 1.29 is 22.7 Å². The van der Waals surface area contributed by atoms with Gasteiger partial charge in [-0.1, -0.05) is 12.1 Å². The summed E-state index contributed by atoms with van der Waals surface area (Å²) in [5, 5.41) is 2.95. The first-order chi connectivity index (χ1) is 20.2. The van der Waals surface area contributed by atoms with E-state index in [4.69, 9.17) is 4.74 Å². The highest BCUT2D eigenvalue weighted by Crippen LogP contribution is 2.27. The standard InChI is InChI=1S/C30H36F3N7O3/c1-7-39(8-2)27-35-18-20(17-30(31,32)33)24(37-27)36-22(26(41)43-29(3,4)5)16-19-11-13-21(14-12-19)40-25-23(10-9-15-34-25)38(6)28(40)42/h9-15,18,22H,7-8,16-17H2,1-6H3,(H,35,36,37)/t22-/m0/s1. The maximum Gasteiger partial charge on any atom is 0.393 e. The number of aryl methyl sites for hydroxylation is 1. The minimum Gasteiger partial charge on any atom is -0.458 e. The Labute approximate surface area is 247 Å². The normalized spacial score (nSPS) is 12.8. The Balaban J connectivity index is 1.70. The van der Waals surface area contributed by atoms with Gasteiger partial charge in [-0.05, 0) is 64.4 Å². The number of anilines is 2. The van der Waals surface area contributed by atoms with Crippen molar-refractivity contribution in [1.29, 1.82) is 0 Å². The summed E-state index contributed by atoms with van der Waals surface area (Å²) in [6.07, 6.45) is -2.95. The highest BCUT2D eigenvalue weighted by molar-refractivity contribution is 5.80. The molecule has 0 radical (unpaired) electrons. The fourth-order valence-electron chi connectivity index (χ4n) is 4.67. The summed E-state index contributed by atoms with van der Waals surface area (Å²) in [5.41, 5.74) is 1.15. The van der Waals surface area contributed by atoms with Crippen LogP contribution < -0.4 is 15.9 Å². The number of nitrogens with one attached hydrogen (secondary N) is 1. The quantitative estimate of drug-likeness (QED) is 0.259. The molecule has 13 heteroatoms. The van der Waals surface area contributed by atoms with E-state index in [1.165, 1.54) is 9.13 Å². The van der Waals surface area contributed by atoms with Crippen molar-refractivity contribution >= 4 is 28.9 Å². The average molecular weight is 600 g/mol. The molecule has 3 aromatic heterocycles. The fraction of sp³-hybridized carbons (Fsp3) is 0.433. The molecule has 4 aromatic rings. The Morgan fingerprint density at radius 1 is 1.07 bits per heavy atom. The van der Waals surface area contributed by atoms with Crippen molar-refractivity contribution in [3.8, 4) is 5.69 Å². The van der Waals surface area contributed by atoms with Crippen molar-refractivity contribution in [2.45, 2.75) is 65.3 Å². The van der Waals surface area contributed by atoms with Crippen LogP contribution in [-0.2, 0) is 29.4 Å². The molecule has 1 atom stereocenters. The molecule has 230 valence electrons. The molecule has 4 rings (SSSR count). The van der Waals surface area contributed by atoms with Crippen LogP contribution in [0.3, 0.4) is 0 Å². The van der Waals surface area contributed by atoms with E-state index in [2.05, 4.69) is 20.3 Å². The number of aromatic nitrogens is 5. The van der Waals surface area contributed by atoms with Gasteiger partial charge in [0.25, 0.3) is 0 Å². The summed E-state index contributed by atoms with van der Waals surface area (Å²) in [4.78, 5) is 41.0. The number of esters is 1. The number of alkyl halides is 3. The van der Waals surface area contributed by atoms with E-state index in [0.29, 0.717) is 35.5 Å². The Morgan fingerprint density at radius 3 is 2.35 bits per heavy atom. The average Bonchev–Trinajstić information content (AvgIpc) is 3.18.